The van der Waals surface area contributed by atoms with Crippen molar-refractivity contribution in [2.45, 2.75) is 6.92 Å². The average molecular weight is 388 g/mol. The Kier molecular flexibility index (Phi) is 5.11. The normalized spacial score (nSPS) is 10.7. The van der Waals surface area contributed by atoms with E-state index in [1.165, 1.54) is 0 Å². The molecule has 4 aromatic rings. The number of hydrogen-bond acceptors (Lipinski definition) is 5. The molecule has 2 aromatic carbocycles. The lowest BCUT2D eigenvalue weighted by Gasteiger charge is -2.13. The zero-order valence-corrected chi connectivity index (χ0v) is 16.1. The van der Waals surface area contributed by atoms with Crippen molar-refractivity contribution >= 4 is 16.8 Å². The number of amides is 1. The van der Waals surface area contributed by atoms with Gasteiger partial charge in [0, 0.05) is 54.8 Å². The largest absolute Gasteiger partial charge is 0.494 e. The molecule has 0 aliphatic heterocycles. The van der Waals surface area contributed by atoms with Crippen LogP contribution in [0.4, 0.5) is 0 Å². The van der Waals surface area contributed by atoms with Crippen LogP contribution in [0.3, 0.4) is 0 Å². The van der Waals surface area contributed by atoms with Gasteiger partial charge in [0.05, 0.1) is 17.8 Å². The summed E-state index contributed by atoms with van der Waals surface area (Å²) in [6.45, 7) is 2.47. The van der Waals surface area contributed by atoms with Crippen LogP contribution in [0.15, 0.2) is 67.1 Å². The molecule has 0 fully saturated rings. The van der Waals surface area contributed by atoms with Crippen LogP contribution >= 0.6 is 0 Å². The minimum atomic E-state index is -0.166. The highest BCUT2D eigenvalue weighted by molar-refractivity contribution is 5.99. The summed E-state index contributed by atoms with van der Waals surface area (Å²) in [5.74, 6) is 1.71. The molecule has 1 N–H and O–H groups in total. The summed E-state index contributed by atoms with van der Waals surface area (Å²) in [5.41, 5.74) is 2.10. The van der Waals surface area contributed by atoms with Crippen LogP contribution in [0.1, 0.15) is 17.3 Å². The molecule has 0 aliphatic rings. The highest BCUT2D eigenvalue weighted by Crippen LogP contribution is 2.33. The number of ether oxygens (including phenoxy) is 2. The topological polar surface area (TPSA) is 78.3 Å². The van der Waals surface area contributed by atoms with Crippen LogP contribution in [-0.4, -0.2) is 34.3 Å². The molecule has 29 heavy (non-hydrogen) atoms. The first kappa shape index (κ1) is 18.5. The number of rotatable bonds is 6. The van der Waals surface area contributed by atoms with Crippen LogP contribution in [0.5, 0.6) is 17.2 Å². The summed E-state index contributed by atoms with van der Waals surface area (Å²) in [6, 6.07) is 14.5. The van der Waals surface area contributed by atoms with Gasteiger partial charge in [-0.25, -0.2) is 4.68 Å². The second-order valence-corrected chi connectivity index (χ2v) is 6.27. The molecule has 0 saturated carbocycles. The van der Waals surface area contributed by atoms with Gasteiger partial charge in [0.1, 0.15) is 17.2 Å². The monoisotopic (exact) mass is 388 g/mol. The summed E-state index contributed by atoms with van der Waals surface area (Å²) in [4.78, 5) is 16.4. The Morgan fingerprint density at radius 3 is 2.72 bits per heavy atom. The van der Waals surface area contributed by atoms with E-state index in [-0.39, 0.29) is 5.91 Å². The first-order valence-electron chi connectivity index (χ1n) is 9.24. The van der Waals surface area contributed by atoms with Crippen molar-refractivity contribution in [2.75, 3.05) is 13.7 Å². The summed E-state index contributed by atoms with van der Waals surface area (Å²) in [6.07, 6.45) is 5.24. The molecule has 7 heteroatoms. The number of nitrogens with one attached hydrogen (secondary N) is 1. The van der Waals surface area contributed by atoms with Crippen molar-refractivity contribution in [1.29, 1.82) is 0 Å². The molecule has 0 saturated heterocycles. The minimum Gasteiger partial charge on any atom is -0.494 e. The number of hydrogen-bond donors (Lipinski definition) is 1. The van der Waals surface area contributed by atoms with E-state index in [0.29, 0.717) is 29.4 Å². The predicted molar refractivity (Wildman–Crippen MR) is 110 cm³/mol. The summed E-state index contributed by atoms with van der Waals surface area (Å²) in [5, 5.41) is 7.66. The molecule has 1 amide bonds. The summed E-state index contributed by atoms with van der Waals surface area (Å²) >= 11 is 0. The lowest BCUT2D eigenvalue weighted by Crippen LogP contribution is -2.17. The maximum absolute atomic E-state index is 12.0. The third-order valence-corrected chi connectivity index (χ3v) is 4.36. The van der Waals surface area contributed by atoms with Gasteiger partial charge in [0.25, 0.3) is 5.91 Å². The number of pyridine rings is 1. The van der Waals surface area contributed by atoms with Crippen molar-refractivity contribution in [2.24, 2.45) is 0 Å². The van der Waals surface area contributed by atoms with E-state index in [4.69, 9.17) is 9.47 Å². The lowest BCUT2D eigenvalue weighted by atomic mass is 10.1. The van der Waals surface area contributed by atoms with Crippen LogP contribution in [-0.2, 0) is 0 Å². The van der Waals surface area contributed by atoms with Crippen molar-refractivity contribution in [3.63, 3.8) is 0 Å². The molecular weight excluding hydrogens is 368 g/mol. The van der Waals surface area contributed by atoms with Crippen LogP contribution in [0.2, 0.25) is 0 Å². The molecule has 0 spiro atoms. The smallest absolute Gasteiger partial charge is 0.251 e. The van der Waals surface area contributed by atoms with E-state index >= 15 is 0 Å². The van der Waals surface area contributed by atoms with Crippen LogP contribution in [0.25, 0.3) is 16.6 Å². The van der Waals surface area contributed by atoms with Crippen molar-refractivity contribution in [3.8, 4) is 22.9 Å². The molecule has 2 aromatic heterocycles. The van der Waals surface area contributed by atoms with Gasteiger partial charge >= 0.3 is 0 Å². The average Bonchev–Trinajstić information content (AvgIpc) is 3.28. The fourth-order valence-corrected chi connectivity index (χ4v) is 3.04. The van der Waals surface area contributed by atoms with Crippen molar-refractivity contribution < 1.29 is 14.3 Å². The van der Waals surface area contributed by atoms with Gasteiger partial charge in [-0.05, 0) is 37.3 Å². The molecular formula is C22H20N4O3. The van der Waals surface area contributed by atoms with Gasteiger partial charge in [-0.2, -0.15) is 5.10 Å². The number of carbonyl (C=O) groups is 1. The van der Waals surface area contributed by atoms with Gasteiger partial charge in [0.2, 0.25) is 0 Å². The molecule has 7 nitrogen and oxygen atoms in total. The predicted octanol–water partition coefficient (Wildman–Crippen LogP) is 3.97. The molecule has 0 radical (unpaired) electrons. The molecule has 0 bridgehead atoms. The van der Waals surface area contributed by atoms with Gasteiger partial charge in [-0.15, -0.1) is 0 Å². The Bertz CT molecular complexity index is 1160. The lowest BCUT2D eigenvalue weighted by molar-refractivity contribution is 0.0963. The molecule has 0 atom stereocenters. The van der Waals surface area contributed by atoms with E-state index in [1.807, 2.05) is 37.4 Å². The van der Waals surface area contributed by atoms with E-state index in [2.05, 4.69) is 15.4 Å². The van der Waals surface area contributed by atoms with Gasteiger partial charge < -0.3 is 14.8 Å². The van der Waals surface area contributed by atoms with Crippen LogP contribution in [0, 0.1) is 0 Å². The maximum atomic E-state index is 12.0. The van der Waals surface area contributed by atoms with Crippen LogP contribution < -0.4 is 14.8 Å². The van der Waals surface area contributed by atoms with E-state index in [0.717, 1.165) is 16.6 Å². The Morgan fingerprint density at radius 2 is 1.97 bits per heavy atom. The standard InChI is InChI=1S/C22H20N4O3/c1-3-28-17-12-16(26-10-4-8-25-26)13-18(14-17)29-21-7-9-24-20-6-5-15(11-19(20)21)22(27)23-2/h4-14H,3H2,1-2H3,(H,23,27). The molecule has 2 heterocycles. The number of fused-ring (bicyclic) bond motifs is 1. The van der Waals surface area contributed by atoms with Gasteiger partial charge in [-0.1, -0.05) is 0 Å². The van der Waals surface area contributed by atoms with Gasteiger partial charge in [-0.3, -0.25) is 9.78 Å². The highest BCUT2D eigenvalue weighted by atomic mass is 16.5. The maximum Gasteiger partial charge on any atom is 0.251 e. The number of carbonyl (C=O) groups excluding carboxylic acids is 1. The second-order valence-electron chi connectivity index (χ2n) is 6.27. The molecule has 4 rings (SSSR count). The number of aromatic nitrogens is 3. The third-order valence-electron chi connectivity index (χ3n) is 4.36. The quantitative estimate of drug-likeness (QED) is 0.541. The summed E-state index contributed by atoms with van der Waals surface area (Å²) in [7, 11) is 1.60. The highest BCUT2D eigenvalue weighted by Gasteiger charge is 2.11. The summed E-state index contributed by atoms with van der Waals surface area (Å²) < 4.78 is 13.6. The molecule has 0 unspecified atom stereocenters. The van der Waals surface area contributed by atoms with E-state index < -0.39 is 0 Å². The Morgan fingerprint density at radius 1 is 1.10 bits per heavy atom. The Labute approximate surface area is 167 Å². The number of nitrogens with zero attached hydrogens (tertiary/aromatic N) is 3. The Balaban J connectivity index is 1.77. The van der Waals surface area contributed by atoms with Crippen molar-refractivity contribution in [3.05, 3.63) is 72.7 Å². The molecule has 0 aliphatic carbocycles. The van der Waals surface area contributed by atoms with Crippen molar-refractivity contribution in [1.82, 2.24) is 20.1 Å². The van der Waals surface area contributed by atoms with E-state index in [1.54, 1.807) is 48.4 Å². The SMILES string of the molecule is CCOc1cc(Oc2ccnc3ccc(C(=O)NC)cc23)cc(-n2cccn2)c1. The number of benzene rings is 2. The first-order chi connectivity index (χ1) is 14.2. The zero-order valence-electron chi connectivity index (χ0n) is 16.1. The molecule has 146 valence electrons. The van der Waals surface area contributed by atoms with Gasteiger partial charge in [0.15, 0.2) is 0 Å². The second kappa shape index (κ2) is 8.02. The first-order valence-corrected chi connectivity index (χ1v) is 9.24. The Hall–Kier alpha value is -3.87. The van der Waals surface area contributed by atoms with E-state index in [9.17, 15) is 4.79 Å². The fraction of sp³-hybridized carbons (Fsp3) is 0.136. The third kappa shape index (κ3) is 3.89. The zero-order chi connectivity index (χ0) is 20.2. The minimum absolute atomic E-state index is 0.166. The fourth-order valence-electron chi connectivity index (χ4n) is 3.04.